The molecular weight excluding hydrogens is 451 g/mol. The van der Waals surface area contributed by atoms with E-state index in [-0.39, 0.29) is 27.5 Å². The van der Waals surface area contributed by atoms with Crippen molar-refractivity contribution >= 4 is 45.9 Å². The molecule has 0 spiro atoms. The van der Waals surface area contributed by atoms with E-state index < -0.39 is 11.4 Å². The number of rotatable bonds is 5. The van der Waals surface area contributed by atoms with Crippen LogP contribution in [0.1, 0.15) is 5.56 Å². The van der Waals surface area contributed by atoms with Crippen LogP contribution >= 0.6 is 23.4 Å². The molecule has 4 rings (SSSR count). The molecule has 4 aromatic rings. The number of nitriles is 1. The van der Waals surface area contributed by atoms with Gasteiger partial charge >= 0.3 is 0 Å². The van der Waals surface area contributed by atoms with Crippen molar-refractivity contribution in [1.29, 1.82) is 5.26 Å². The van der Waals surface area contributed by atoms with Gasteiger partial charge in [0, 0.05) is 5.69 Å². The minimum Gasteiger partial charge on any atom is -0.325 e. The highest BCUT2D eigenvalue weighted by Crippen LogP contribution is 2.24. The van der Waals surface area contributed by atoms with Gasteiger partial charge in [-0.2, -0.15) is 5.26 Å². The fourth-order valence-corrected chi connectivity index (χ4v) is 4.09. The lowest BCUT2D eigenvalue weighted by molar-refractivity contribution is -0.113. The predicted molar refractivity (Wildman–Crippen MR) is 123 cm³/mol. The summed E-state index contributed by atoms with van der Waals surface area (Å²) in [6, 6.07) is 19.2. The molecular formula is C23H14ClFN4O2S. The van der Waals surface area contributed by atoms with Gasteiger partial charge in [-0.3, -0.25) is 14.2 Å². The summed E-state index contributed by atoms with van der Waals surface area (Å²) in [5, 5.41) is 12.4. The fourth-order valence-electron chi connectivity index (χ4n) is 3.07. The highest BCUT2D eigenvalue weighted by Gasteiger charge is 2.17. The van der Waals surface area contributed by atoms with E-state index in [1.165, 1.54) is 34.9 Å². The molecule has 3 aromatic carbocycles. The Morgan fingerprint density at radius 2 is 1.91 bits per heavy atom. The number of aromatic nitrogens is 2. The minimum absolute atomic E-state index is 0.0533. The van der Waals surface area contributed by atoms with Crippen molar-refractivity contribution in [3.8, 4) is 11.8 Å². The first kappa shape index (κ1) is 21.6. The van der Waals surface area contributed by atoms with E-state index in [0.717, 1.165) is 11.8 Å². The number of carbonyl (C=O) groups excluding carboxylic acids is 1. The van der Waals surface area contributed by atoms with Gasteiger partial charge in [-0.1, -0.05) is 47.6 Å². The van der Waals surface area contributed by atoms with E-state index in [2.05, 4.69) is 10.3 Å². The summed E-state index contributed by atoms with van der Waals surface area (Å²) in [5.74, 6) is -1.04. The number of benzene rings is 3. The number of hydrogen-bond acceptors (Lipinski definition) is 5. The third-order valence-corrected chi connectivity index (χ3v) is 5.80. The molecule has 1 aromatic heterocycles. The summed E-state index contributed by atoms with van der Waals surface area (Å²) in [6.45, 7) is 0. The van der Waals surface area contributed by atoms with Crippen molar-refractivity contribution in [2.24, 2.45) is 0 Å². The molecule has 0 atom stereocenters. The summed E-state index contributed by atoms with van der Waals surface area (Å²) in [7, 11) is 0. The quantitative estimate of drug-likeness (QED) is 0.339. The fraction of sp³-hybridized carbons (Fsp3) is 0.0435. The van der Waals surface area contributed by atoms with Gasteiger partial charge in [-0.15, -0.1) is 0 Å². The third-order valence-electron chi connectivity index (χ3n) is 4.54. The lowest BCUT2D eigenvalue weighted by atomic mass is 10.2. The van der Waals surface area contributed by atoms with Crippen molar-refractivity contribution in [2.75, 3.05) is 11.1 Å². The summed E-state index contributed by atoms with van der Waals surface area (Å²) in [5.41, 5.74) is 0.803. The number of amides is 1. The zero-order valence-electron chi connectivity index (χ0n) is 16.4. The molecule has 0 aliphatic heterocycles. The van der Waals surface area contributed by atoms with Gasteiger partial charge in [0.1, 0.15) is 11.9 Å². The molecule has 0 saturated carbocycles. The number of nitrogens with one attached hydrogen (secondary N) is 1. The van der Waals surface area contributed by atoms with Crippen LogP contribution in [0.2, 0.25) is 5.02 Å². The molecule has 158 valence electrons. The Labute approximate surface area is 191 Å². The maximum absolute atomic E-state index is 14.5. The number of fused-ring (bicyclic) bond motifs is 1. The van der Waals surface area contributed by atoms with E-state index >= 15 is 0 Å². The van der Waals surface area contributed by atoms with Gasteiger partial charge < -0.3 is 5.32 Å². The van der Waals surface area contributed by atoms with Crippen LogP contribution in [-0.2, 0) is 4.79 Å². The third kappa shape index (κ3) is 4.35. The lowest BCUT2D eigenvalue weighted by Crippen LogP contribution is -2.23. The number of nitrogens with zero attached hydrogens (tertiary/aromatic N) is 3. The second-order valence-corrected chi connectivity index (χ2v) is 8.00. The molecule has 0 unspecified atom stereocenters. The van der Waals surface area contributed by atoms with Gasteiger partial charge in [0.2, 0.25) is 5.91 Å². The maximum Gasteiger partial charge on any atom is 0.266 e. The van der Waals surface area contributed by atoms with Crippen LogP contribution in [0.15, 0.2) is 76.7 Å². The average Bonchev–Trinajstić information content (AvgIpc) is 2.79. The van der Waals surface area contributed by atoms with E-state index in [4.69, 9.17) is 16.9 Å². The number of anilines is 1. The molecule has 0 aliphatic rings. The molecule has 0 fully saturated rings. The average molecular weight is 465 g/mol. The van der Waals surface area contributed by atoms with Gasteiger partial charge in [-0.25, -0.2) is 9.37 Å². The van der Waals surface area contributed by atoms with E-state index in [1.54, 1.807) is 36.4 Å². The Morgan fingerprint density at radius 1 is 1.16 bits per heavy atom. The van der Waals surface area contributed by atoms with E-state index in [1.807, 2.05) is 6.07 Å². The van der Waals surface area contributed by atoms with Crippen LogP contribution in [0.4, 0.5) is 10.1 Å². The van der Waals surface area contributed by atoms with Crippen LogP contribution in [0.3, 0.4) is 0 Å². The number of hydrogen-bond donors (Lipinski definition) is 1. The van der Waals surface area contributed by atoms with Gasteiger partial charge in [0.05, 0.1) is 32.9 Å². The smallest absolute Gasteiger partial charge is 0.266 e. The highest BCUT2D eigenvalue weighted by atomic mass is 35.5. The maximum atomic E-state index is 14.5. The summed E-state index contributed by atoms with van der Waals surface area (Å²) < 4.78 is 15.7. The normalized spacial score (nSPS) is 10.7. The van der Waals surface area contributed by atoms with Gasteiger partial charge in [-0.05, 0) is 42.5 Å². The van der Waals surface area contributed by atoms with Crippen LogP contribution in [0.25, 0.3) is 16.6 Å². The molecule has 1 N–H and O–H groups in total. The standard InChI is InChI=1S/C23H14ClFN4O2S/c24-17-11-15(10-9-14(17)12-26)27-21(30)13-32-23-28-19-7-3-1-5-16(19)22(31)29(23)20-8-4-2-6-18(20)25/h1-11H,13H2,(H,27,30). The monoisotopic (exact) mass is 464 g/mol. The van der Waals surface area contributed by atoms with Crippen LogP contribution in [0.5, 0.6) is 0 Å². The Morgan fingerprint density at radius 3 is 2.66 bits per heavy atom. The van der Waals surface area contributed by atoms with Crippen molar-refractivity contribution in [3.05, 3.63) is 93.5 Å². The van der Waals surface area contributed by atoms with Crippen molar-refractivity contribution < 1.29 is 9.18 Å². The molecule has 9 heteroatoms. The van der Waals surface area contributed by atoms with Crippen LogP contribution in [-0.4, -0.2) is 21.2 Å². The second-order valence-electron chi connectivity index (χ2n) is 6.65. The summed E-state index contributed by atoms with van der Waals surface area (Å²) >= 11 is 7.01. The number of carbonyl (C=O) groups is 1. The molecule has 32 heavy (non-hydrogen) atoms. The first-order valence-corrected chi connectivity index (χ1v) is 10.7. The molecule has 1 amide bonds. The Kier molecular flexibility index (Phi) is 6.21. The molecule has 0 radical (unpaired) electrons. The van der Waals surface area contributed by atoms with Crippen molar-refractivity contribution in [2.45, 2.75) is 5.16 Å². The largest absolute Gasteiger partial charge is 0.325 e. The van der Waals surface area contributed by atoms with Crippen molar-refractivity contribution in [3.63, 3.8) is 0 Å². The van der Waals surface area contributed by atoms with Crippen LogP contribution in [0, 0.1) is 17.1 Å². The molecule has 1 heterocycles. The number of halogens is 2. The van der Waals surface area contributed by atoms with Crippen LogP contribution < -0.4 is 10.9 Å². The van der Waals surface area contributed by atoms with Gasteiger partial charge in [0.25, 0.3) is 5.56 Å². The number of thioether (sulfide) groups is 1. The predicted octanol–water partition coefficient (Wildman–Crippen LogP) is 4.78. The molecule has 0 aliphatic carbocycles. The first-order valence-electron chi connectivity index (χ1n) is 9.37. The molecule has 6 nitrogen and oxygen atoms in total. The SMILES string of the molecule is N#Cc1ccc(NC(=O)CSc2nc3ccccc3c(=O)n2-c2ccccc2F)cc1Cl. The molecule has 0 bridgehead atoms. The topological polar surface area (TPSA) is 87.8 Å². The highest BCUT2D eigenvalue weighted by molar-refractivity contribution is 7.99. The van der Waals surface area contributed by atoms with E-state index in [9.17, 15) is 14.0 Å². The molecule has 0 saturated heterocycles. The zero-order chi connectivity index (χ0) is 22.7. The van der Waals surface area contributed by atoms with Crippen molar-refractivity contribution in [1.82, 2.24) is 9.55 Å². The Bertz CT molecular complexity index is 1450. The lowest BCUT2D eigenvalue weighted by Gasteiger charge is -2.14. The second kappa shape index (κ2) is 9.22. The van der Waals surface area contributed by atoms with E-state index in [0.29, 0.717) is 22.2 Å². The Balaban J connectivity index is 1.65. The minimum atomic E-state index is -0.579. The number of para-hydroxylation sites is 2. The summed E-state index contributed by atoms with van der Waals surface area (Å²) in [4.78, 5) is 30.1. The zero-order valence-corrected chi connectivity index (χ0v) is 18.0. The first-order chi connectivity index (χ1) is 15.5. The Hall–Kier alpha value is -3.67. The van der Waals surface area contributed by atoms with Gasteiger partial charge in [0.15, 0.2) is 5.16 Å². The summed E-state index contributed by atoms with van der Waals surface area (Å²) in [6.07, 6.45) is 0.